The third-order valence-corrected chi connectivity index (χ3v) is 11.6. The minimum atomic E-state index is -3.66. The van der Waals surface area contributed by atoms with Crippen molar-refractivity contribution in [3.8, 4) is 0 Å². The Morgan fingerprint density at radius 2 is 1.97 bits per heavy atom. The molecule has 1 aromatic rings. The van der Waals surface area contributed by atoms with E-state index in [1.54, 1.807) is 18.4 Å². The Morgan fingerprint density at radius 1 is 1.38 bits per heavy atom. The standard InChI is InChI=1S/C20H31F2NO4SSi/c1-9-14(13-10-11-28-15(13)16(24)26-6)23-12-19(5,20(21,22)17(23)25)27-29(7,8)18(2,3)4/h10-11,14H,9,12H2,1-8H3. The van der Waals surface area contributed by atoms with Gasteiger partial charge < -0.3 is 14.1 Å². The Labute approximate surface area is 176 Å². The summed E-state index contributed by atoms with van der Waals surface area (Å²) in [5.41, 5.74) is -1.40. The second kappa shape index (κ2) is 7.74. The summed E-state index contributed by atoms with van der Waals surface area (Å²) in [5.74, 6) is -5.45. The lowest BCUT2D eigenvalue weighted by molar-refractivity contribution is -0.167. The van der Waals surface area contributed by atoms with Crippen LogP contribution in [0.15, 0.2) is 11.4 Å². The fourth-order valence-electron chi connectivity index (χ4n) is 3.42. The Kier molecular flexibility index (Phi) is 6.39. The number of likely N-dealkylation sites (tertiary alicyclic amines) is 1. The normalized spacial score (nSPS) is 23.4. The molecule has 0 spiro atoms. The first kappa shape index (κ1) is 24.0. The first-order valence-electron chi connectivity index (χ1n) is 9.67. The smallest absolute Gasteiger partial charge is 0.353 e. The molecule has 0 bridgehead atoms. The Bertz CT molecular complexity index is 790. The van der Waals surface area contributed by atoms with Gasteiger partial charge in [-0.05, 0) is 48.5 Å². The van der Waals surface area contributed by atoms with E-state index in [2.05, 4.69) is 0 Å². The summed E-state index contributed by atoms with van der Waals surface area (Å²) >= 11 is 1.17. The Hall–Kier alpha value is -1.32. The van der Waals surface area contributed by atoms with Gasteiger partial charge in [-0.15, -0.1) is 11.3 Å². The van der Waals surface area contributed by atoms with Gasteiger partial charge in [0.1, 0.15) is 10.5 Å². The van der Waals surface area contributed by atoms with Crippen LogP contribution >= 0.6 is 11.3 Å². The van der Waals surface area contributed by atoms with Crippen molar-refractivity contribution in [3.63, 3.8) is 0 Å². The molecule has 1 fully saturated rings. The van der Waals surface area contributed by atoms with Crippen LogP contribution in [-0.2, 0) is 14.0 Å². The van der Waals surface area contributed by atoms with Crippen LogP contribution in [0.3, 0.4) is 0 Å². The van der Waals surface area contributed by atoms with Gasteiger partial charge in [0.25, 0.3) is 5.91 Å². The van der Waals surface area contributed by atoms with Gasteiger partial charge in [-0.2, -0.15) is 8.78 Å². The third-order valence-electron chi connectivity index (χ3n) is 6.14. The quantitative estimate of drug-likeness (QED) is 0.442. The number of methoxy groups -OCH3 is 1. The minimum Gasteiger partial charge on any atom is -0.465 e. The number of carbonyl (C=O) groups is 2. The van der Waals surface area contributed by atoms with Crippen LogP contribution in [-0.4, -0.2) is 50.3 Å². The predicted octanol–water partition coefficient (Wildman–Crippen LogP) is 5.24. The van der Waals surface area contributed by atoms with Crippen molar-refractivity contribution in [3.05, 3.63) is 21.9 Å². The highest BCUT2D eigenvalue weighted by Crippen LogP contribution is 2.49. The van der Waals surface area contributed by atoms with Gasteiger partial charge >= 0.3 is 11.9 Å². The predicted molar refractivity (Wildman–Crippen MR) is 112 cm³/mol. The molecule has 1 amide bonds. The lowest BCUT2D eigenvalue weighted by atomic mass is 10.0. The zero-order valence-corrected chi connectivity index (χ0v) is 20.2. The topological polar surface area (TPSA) is 55.8 Å². The zero-order chi connectivity index (χ0) is 22.4. The molecule has 0 aliphatic carbocycles. The van der Waals surface area contributed by atoms with Crippen LogP contribution in [0, 0.1) is 0 Å². The van der Waals surface area contributed by atoms with E-state index in [-0.39, 0.29) is 11.6 Å². The van der Waals surface area contributed by atoms with Crippen molar-refractivity contribution in [2.45, 2.75) is 76.7 Å². The number of thiophene rings is 1. The number of hydrogen-bond donors (Lipinski definition) is 0. The fourth-order valence-corrected chi connectivity index (χ4v) is 5.91. The first-order valence-corrected chi connectivity index (χ1v) is 13.5. The van der Waals surface area contributed by atoms with Crippen molar-refractivity contribution in [1.82, 2.24) is 4.90 Å². The van der Waals surface area contributed by atoms with E-state index in [0.717, 1.165) is 0 Å². The minimum absolute atomic E-state index is 0.236. The lowest BCUT2D eigenvalue weighted by Gasteiger charge is -2.43. The van der Waals surface area contributed by atoms with Crippen LogP contribution < -0.4 is 0 Å². The Morgan fingerprint density at radius 3 is 2.45 bits per heavy atom. The van der Waals surface area contributed by atoms with Gasteiger partial charge in [0.05, 0.1) is 19.7 Å². The molecule has 1 aliphatic heterocycles. The highest BCUT2D eigenvalue weighted by molar-refractivity contribution is 7.12. The highest BCUT2D eigenvalue weighted by Gasteiger charge is 2.68. The van der Waals surface area contributed by atoms with Crippen LogP contribution in [0.4, 0.5) is 8.78 Å². The van der Waals surface area contributed by atoms with E-state index >= 15 is 8.78 Å². The summed E-state index contributed by atoms with van der Waals surface area (Å²) in [7, 11) is -1.30. The van der Waals surface area contributed by atoms with Gasteiger partial charge in [-0.3, -0.25) is 4.79 Å². The van der Waals surface area contributed by atoms with E-state index in [9.17, 15) is 9.59 Å². The number of amides is 1. The van der Waals surface area contributed by atoms with Crippen LogP contribution in [0.25, 0.3) is 0 Å². The van der Waals surface area contributed by atoms with Crippen molar-refractivity contribution < 1.29 is 27.5 Å². The molecule has 1 aromatic heterocycles. The van der Waals surface area contributed by atoms with Gasteiger partial charge in [-0.25, -0.2) is 4.79 Å². The van der Waals surface area contributed by atoms with Gasteiger partial charge in [0.2, 0.25) is 0 Å². The number of carbonyl (C=O) groups excluding carboxylic acids is 2. The summed E-state index contributed by atoms with van der Waals surface area (Å²) in [4.78, 5) is 26.4. The molecule has 2 atom stereocenters. The average Bonchev–Trinajstić information content (AvgIpc) is 3.13. The first-order chi connectivity index (χ1) is 13.1. The van der Waals surface area contributed by atoms with Crippen molar-refractivity contribution in [1.29, 1.82) is 0 Å². The molecule has 9 heteroatoms. The number of nitrogens with zero attached hydrogens (tertiary/aromatic N) is 1. The molecule has 0 saturated carbocycles. The van der Waals surface area contributed by atoms with Gasteiger partial charge in [-0.1, -0.05) is 27.7 Å². The Balaban J connectivity index is 2.44. The van der Waals surface area contributed by atoms with Crippen LogP contribution in [0.5, 0.6) is 0 Å². The SMILES string of the molecule is CCC(c1ccsc1C(=O)OC)N1CC(C)(O[Si](C)(C)C(C)(C)C)C(F)(F)C1=O. The monoisotopic (exact) mass is 447 g/mol. The molecule has 2 rings (SSSR count). The molecule has 164 valence electrons. The van der Waals surface area contributed by atoms with E-state index in [0.29, 0.717) is 16.9 Å². The second-order valence-corrected chi connectivity index (χ2v) is 14.9. The summed E-state index contributed by atoms with van der Waals surface area (Å²) in [6.07, 6.45) is 0.388. The van der Waals surface area contributed by atoms with E-state index in [1.807, 2.05) is 33.9 Å². The number of halogens is 2. The van der Waals surface area contributed by atoms with E-state index in [4.69, 9.17) is 9.16 Å². The summed E-state index contributed by atoms with van der Waals surface area (Å²) < 4.78 is 41.4. The molecule has 5 nitrogen and oxygen atoms in total. The molecular formula is C20H31F2NO4SSi. The molecular weight excluding hydrogens is 416 g/mol. The van der Waals surface area contributed by atoms with E-state index < -0.39 is 37.8 Å². The second-order valence-electron chi connectivity index (χ2n) is 9.22. The van der Waals surface area contributed by atoms with Crippen molar-refractivity contribution >= 4 is 31.5 Å². The summed E-state index contributed by atoms with van der Waals surface area (Å²) in [5, 5.41) is 1.42. The molecule has 0 N–H and O–H groups in total. The maximum Gasteiger partial charge on any atom is 0.353 e. The largest absolute Gasteiger partial charge is 0.465 e. The number of ether oxygens (including phenoxy) is 1. The van der Waals surface area contributed by atoms with E-state index in [1.165, 1.54) is 30.3 Å². The van der Waals surface area contributed by atoms with Gasteiger partial charge in [0, 0.05) is 0 Å². The molecule has 0 radical (unpaired) electrons. The number of rotatable bonds is 6. The fraction of sp³-hybridized carbons (Fsp3) is 0.700. The molecule has 1 aliphatic rings. The molecule has 2 unspecified atom stereocenters. The zero-order valence-electron chi connectivity index (χ0n) is 18.4. The van der Waals surface area contributed by atoms with Gasteiger partial charge in [0.15, 0.2) is 8.32 Å². The number of hydrogen-bond acceptors (Lipinski definition) is 5. The molecule has 0 aromatic carbocycles. The maximum absolute atomic E-state index is 15.2. The van der Waals surface area contributed by atoms with Crippen LogP contribution in [0.2, 0.25) is 18.1 Å². The molecule has 29 heavy (non-hydrogen) atoms. The average molecular weight is 448 g/mol. The molecule has 1 saturated heterocycles. The van der Waals surface area contributed by atoms with Crippen LogP contribution in [0.1, 0.15) is 62.3 Å². The van der Waals surface area contributed by atoms with Crippen molar-refractivity contribution in [2.24, 2.45) is 0 Å². The summed E-state index contributed by atoms with van der Waals surface area (Å²) in [6, 6.07) is 1.04. The number of esters is 1. The lowest BCUT2D eigenvalue weighted by Crippen LogP contribution is -2.56. The molecule has 2 heterocycles. The number of alkyl halides is 2. The maximum atomic E-state index is 15.2. The highest BCUT2D eigenvalue weighted by atomic mass is 32.1. The van der Waals surface area contributed by atoms with Crippen molar-refractivity contribution in [2.75, 3.05) is 13.7 Å². The third kappa shape index (κ3) is 4.01. The summed E-state index contributed by atoms with van der Waals surface area (Å²) in [6.45, 7) is 12.6.